The summed E-state index contributed by atoms with van der Waals surface area (Å²) < 4.78 is 26.2. The number of hydrogen-bond acceptors (Lipinski definition) is 5. The van der Waals surface area contributed by atoms with E-state index >= 15 is 0 Å². The lowest BCUT2D eigenvalue weighted by molar-refractivity contribution is -0.156. The maximum Gasteiger partial charge on any atom is 0.306 e. The number of nitrogens with zero attached hydrogens (tertiary/aromatic N) is 2. The molecule has 0 aliphatic carbocycles. The Bertz CT molecular complexity index is 1230. The number of rotatable bonds is 6. The Labute approximate surface area is 240 Å². The first-order valence-electron chi connectivity index (χ1n) is 14.8. The fraction of sp³-hybridized carbons (Fsp3) is 0.588. The van der Waals surface area contributed by atoms with Crippen LogP contribution in [0.4, 0.5) is 10.2 Å². The molecule has 3 heterocycles. The monoisotopic (exact) mass is 550 g/mol. The summed E-state index contributed by atoms with van der Waals surface area (Å²) in [6, 6.07) is 6.83. The number of carbonyl (C=O) groups is 1. The largest absolute Gasteiger partial charge is 0.460 e. The zero-order valence-corrected chi connectivity index (χ0v) is 25.6. The van der Waals surface area contributed by atoms with Gasteiger partial charge in [-0.3, -0.25) is 4.79 Å². The average molecular weight is 551 g/mol. The fourth-order valence-corrected chi connectivity index (χ4v) is 5.99. The summed E-state index contributed by atoms with van der Waals surface area (Å²) in [6.45, 7) is 15.3. The van der Waals surface area contributed by atoms with Gasteiger partial charge in [-0.25, -0.2) is 9.37 Å². The summed E-state index contributed by atoms with van der Waals surface area (Å²) in [6.07, 6.45) is 9.12. The van der Waals surface area contributed by atoms with Gasteiger partial charge in [-0.05, 0) is 102 Å². The molecule has 0 N–H and O–H groups in total. The molecule has 1 saturated heterocycles. The van der Waals surface area contributed by atoms with Crippen LogP contribution in [0.3, 0.4) is 0 Å². The van der Waals surface area contributed by atoms with E-state index in [0.717, 1.165) is 66.9 Å². The van der Waals surface area contributed by atoms with Crippen molar-refractivity contribution >= 4 is 17.9 Å². The molecule has 0 saturated carbocycles. The maximum absolute atomic E-state index is 13.9. The molecule has 2 aromatic rings. The number of ether oxygens (including phenoxy) is 2. The molecular weight excluding hydrogens is 503 g/mol. The van der Waals surface area contributed by atoms with Gasteiger partial charge in [0, 0.05) is 31.1 Å². The molecule has 0 unspecified atom stereocenters. The van der Waals surface area contributed by atoms with E-state index < -0.39 is 5.60 Å². The van der Waals surface area contributed by atoms with E-state index in [-0.39, 0.29) is 35.3 Å². The average Bonchev–Trinajstić information content (AvgIpc) is 2.98. The highest BCUT2D eigenvalue weighted by Crippen LogP contribution is 2.41. The molecule has 0 amide bonds. The van der Waals surface area contributed by atoms with Gasteiger partial charge in [-0.2, -0.15) is 0 Å². The van der Waals surface area contributed by atoms with E-state index in [4.69, 9.17) is 14.5 Å². The standard InChI is InChI=1S/C34H47FN2O3/c1-22(2)31-27(30(24-11-13-25(35)14-12-24)28-10-9-19-37(8)32(28)36-31)16-15-26-20-23(17-18-34(6,7)39-26)21-29(38)40-33(3,4)5/h11-16,22-23,26H,9-10,17-21H2,1-8H3/b16-15+/t23-,26-/m1/s1. The number of aromatic nitrogens is 1. The number of anilines is 1. The quantitative estimate of drug-likeness (QED) is 0.340. The molecule has 218 valence electrons. The molecule has 2 atom stereocenters. The van der Waals surface area contributed by atoms with Crippen LogP contribution in [0.2, 0.25) is 0 Å². The zero-order chi connectivity index (χ0) is 29.2. The van der Waals surface area contributed by atoms with Gasteiger partial charge >= 0.3 is 5.97 Å². The highest BCUT2D eigenvalue weighted by Gasteiger charge is 2.32. The molecule has 5 nitrogen and oxygen atoms in total. The Morgan fingerprint density at radius 2 is 1.95 bits per heavy atom. The molecule has 40 heavy (non-hydrogen) atoms. The number of pyridine rings is 1. The smallest absolute Gasteiger partial charge is 0.306 e. The predicted octanol–water partition coefficient (Wildman–Crippen LogP) is 8.10. The summed E-state index contributed by atoms with van der Waals surface area (Å²) in [5.41, 5.74) is 4.67. The first-order chi connectivity index (χ1) is 18.7. The molecule has 0 radical (unpaired) electrons. The molecule has 0 bridgehead atoms. The van der Waals surface area contributed by atoms with Gasteiger partial charge in [0.15, 0.2) is 0 Å². The number of fused-ring (bicyclic) bond motifs is 1. The highest BCUT2D eigenvalue weighted by molar-refractivity contribution is 5.83. The number of carbonyl (C=O) groups excluding carboxylic acids is 1. The van der Waals surface area contributed by atoms with E-state index in [9.17, 15) is 9.18 Å². The van der Waals surface area contributed by atoms with Crippen molar-refractivity contribution in [3.05, 3.63) is 53.0 Å². The topological polar surface area (TPSA) is 51.7 Å². The first kappa shape index (κ1) is 30.2. The molecule has 1 fully saturated rings. The van der Waals surface area contributed by atoms with Crippen molar-refractivity contribution in [3.63, 3.8) is 0 Å². The van der Waals surface area contributed by atoms with Crippen LogP contribution in [-0.2, 0) is 20.7 Å². The number of benzene rings is 1. The third kappa shape index (κ3) is 7.51. The summed E-state index contributed by atoms with van der Waals surface area (Å²) in [5.74, 6) is 1.02. The van der Waals surface area contributed by atoms with Crippen molar-refractivity contribution in [1.82, 2.24) is 4.98 Å². The highest BCUT2D eigenvalue weighted by atomic mass is 19.1. The first-order valence-corrected chi connectivity index (χ1v) is 14.8. The van der Waals surface area contributed by atoms with Crippen molar-refractivity contribution in [2.45, 2.75) is 110 Å². The van der Waals surface area contributed by atoms with Crippen molar-refractivity contribution in [2.24, 2.45) is 5.92 Å². The lowest BCUT2D eigenvalue weighted by Crippen LogP contribution is -2.28. The molecule has 2 aliphatic heterocycles. The minimum Gasteiger partial charge on any atom is -0.460 e. The second kappa shape index (κ2) is 12.0. The molecule has 6 heteroatoms. The van der Waals surface area contributed by atoms with Crippen LogP contribution in [0.15, 0.2) is 30.3 Å². The van der Waals surface area contributed by atoms with Gasteiger partial charge in [0.05, 0.1) is 17.4 Å². The summed E-state index contributed by atoms with van der Waals surface area (Å²) >= 11 is 0. The second-order valence-corrected chi connectivity index (χ2v) is 13.5. The normalized spacial score (nSPS) is 21.4. The van der Waals surface area contributed by atoms with Gasteiger partial charge in [0.1, 0.15) is 17.2 Å². The Hall–Kier alpha value is -2.73. The Balaban J connectivity index is 1.74. The predicted molar refractivity (Wildman–Crippen MR) is 161 cm³/mol. The maximum atomic E-state index is 13.9. The van der Waals surface area contributed by atoms with Gasteiger partial charge < -0.3 is 14.4 Å². The Morgan fingerprint density at radius 1 is 1.25 bits per heavy atom. The molecule has 1 aromatic carbocycles. The number of hydrogen-bond donors (Lipinski definition) is 0. The molecule has 4 rings (SSSR count). The summed E-state index contributed by atoms with van der Waals surface area (Å²) in [4.78, 5) is 20.1. The SMILES string of the molecule is CC(C)c1nc2c(c(-c3ccc(F)cc3)c1/C=C/[C@@H]1C[C@H](CC(=O)OC(C)(C)C)CCC(C)(C)O1)CCCN2C. The van der Waals surface area contributed by atoms with Gasteiger partial charge in [-0.15, -0.1) is 0 Å². The van der Waals surface area contributed by atoms with Crippen molar-refractivity contribution in [3.8, 4) is 11.1 Å². The van der Waals surface area contributed by atoms with Crippen LogP contribution in [-0.4, -0.2) is 41.9 Å². The Morgan fingerprint density at radius 3 is 2.60 bits per heavy atom. The van der Waals surface area contributed by atoms with E-state index in [1.807, 2.05) is 32.9 Å². The third-order valence-electron chi connectivity index (χ3n) is 7.85. The van der Waals surface area contributed by atoms with Crippen LogP contribution in [0.25, 0.3) is 17.2 Å². The molecule has 1 aromatic heterocycles. The minimum atomic E-state index is -0.492. The van der Waals surface area contributed by atoms with Crippen LogP contribution in [0.1, 0.15) is 103 Å². The van der Waals surface area contributed by atoms with E-state index in [0.29, 0.717) is 6.42 Å². The van der Waals surface area contributed by atoms with Crippen molar-refractivity contribution < 1.29 is 18.7 Å². The molecule has 0 spiro atoms. The number of esters is 1. The zero-order valence-electron chi connectivity index (χ0n) is 25.6. The lowest BCUT2D eigenvalue weighted by atomic mass is 9.87. The minimum absolute atomic E-state index is 0.148. The van der Waals surface area contributed by atoms with E-state index in [1.54, 1.807) is 0 Å². The lowest BCUT2D eigenvalue weighted by Gasteiger charge is -2.31. The van der Waals surface area contributed by atoms with E-state index in [2.05, 4.69) is 51.8 Å². The molecule has 2 aliphatic rings. The van der Waals surface area contributed by atoms with Crippen molar-refractivity contribution in [1.29, 1.82) is 0 Å². The third-order valence-corrected chi connectivity index (χ3v) is 7.85. The molecular formula is C34H47FN2O3. The Kier molecular flexibility index (Phi) is 9.08. The number of halogens is 1. The fourth-order valence-electron chi connectivity index (χ4n) is 5.99. The van der Waals surface area contributed by atoms with Crippen LogP contribution in [0, 0.1) is 11.7 Å². The van der Waals surface area contributed by atoms with Crippen LogP contribution in [0.5, 0.6) is 0 Å². The summed E-state index contributed by atoms with van der Waals surface area (Å²) in [5, 5.41) is 0. The van der Waals surface area contributed by atoms with Crippen molar-refractivity contribution in [2.75, 3.05) is 18.5 Å². The second-order valence-electron chi connectivity index (χ2n) is 13.5. The van der Waals surface area contributed by atoms with Gasteiger partial charge in [0.25, 0.3) is 0 Å². The van der Waals surface area contributed by atoms with Gasteiger partial charge in [-0.1, -0.05) is 38.1 Å². The van der Waals surface area contributed by atoms with Gasteiger partial charge in [0.2, 0.25) is 0 Å². The van der Waals surface area contributed by atoms with Crippen LogP contribution < -0.4 is 4.90 Å². The van der Waals surface area contributed by atoms with Crippen LogP contribution >= 0.6 is 0 Å². The van der Waals surface area contributed by atoms with E-state index in [1.165, 1.54) is 17.7 Å². The summed E-state index contributed by atoms with van der Waals surface area (Å²) in [7, 11) is 2.10.